The van der Waals surface area contributed by atoms with Crippen LogP contribution in [0, 0.1) is 12.8 Å². The van der Waals surface area contributed by atoms with Gasteiger partial charge >= 0.3 is 0 Å². The lowest BCUT2D eigenvalue weighted by Crippen LogP contribution is -2.23. The Morgan fingerprint density at radius 3 is 2.83 bits per heavy atom. The Bertz CT molecular complexity index is 384. The molecule has 1 aromatic rings. The summed E-state index contributed by atoms with van der Waals surface area (Å²) in [4.78, 5) is 8.39. The summed E-state index contributed by atoms with van der Waals surface area (Å²) in [5, 5.41) is 4.74. The Kier molecular flexibility index (Phi) is 4.62. The highest BCUT2D eigenvalue weighted by Crippen LogP contribution is 2.27. The van der Waals surface area contributed by atoms with Gasteiger partial charge in [0.1, 0.15) is 0 Å². The first-order valence-corrected chi connectivity index (χ1v) is 7.82. The molecule has 4 heteroatoms. The summed E-state index contributed by atoms with van der Waals surface area (Å²) in [7, 11) is 2.16. The molecule has 1 N–H and O–H groups in total. The number of thiazole rings is 1. The highest BCUT2D eigenvalue weighted by Gasteiger charge is 2.21. The summed E-state index contributed by atoms with van der Waals surface area (Å²) >= 11 is 1.84. The van der Waals surface area contributed by atoms with Gasteiger partial charge in [-0.1, -0.05) is 20.3 Å². The molecule has 1 unspecified atom stereocenters. The quantitative estimate of drug-likeness (QED) is 0.822. The lowest BCUT2D eigenvalue weighted by molar-refractivity contribution is 0.559. The number of aryl methyl sites for hydroxylation is 1. The summed E-state index contributed by atoms with van der Waals surface area (Å²) in [5.74, 6) is 0.729. The predicted molar refractivity (Wildman–Crippen MR) is 79.4 cm³/mol. The van der Waals surface area contributed by atoms with Crippen molar-refractivity contribution < 1.29 is 0 Å². The van der Waals surface area contributed by atoms with Crippen molar-refractivity contribution in [1.29, 1.82) is 0 Å². The van der Waals surface area contributed by atoms with Crippen LogP contribution in [0.15, 0.2) is 0 Å². The van der Waals surface area contributed by atoms with Crippen LogP contribution < -0.4 is 10.2 Å². The summed E-state index contributed by atoms with van der Waals surface area (Å²) in [6, 6.07) is 0.771. The standard InChI is InChI=1S/C14H25N3S/c1-5-10(2)9-17(4)14-16-11(3)13(18-14)8-15-12-6-7-12/h10,12,15H,5-9H2,1-4H3. The van der Waals surface area contributed by atoms with E-state index in [0.29, 0.717) is 0 Å². The van der Waals surface area contributed by atoms with Gasteiger partial charge < -0.3 is 10.2 Å². The molecule has 0 amide bonds. The van der Waals surface area contributed by atoms with Crippen molar-refractivity contribution in [2.24, 2.45) is 5.92 Å². The molecular weight excluding hydrogens is 242 g/mol. The largest absolute Gasteiger partial charge is 0.351 e. The molecule has 1 saturated carbocycles. The molecule has 102 valence electrons. The third-order valence-electron chi connectivity index (χ3n) is 3.62. The van der Waals surface area contributed by atoms with Crippen LogP contribution in [0.5, 0.6) is 0 Å². The molecule has 2 rings (SSSR count). The van der Waals surface area contributed by atoms with E-state index in [9.17, 15) is 0 Å². The molecule has 1 aliphatic rings. The fourth-order valence-electron chi connectivity index (χ4n) is 1.94. The van der Waals surface area contributed by atoms with Crippen LogP contribution in [0.3, 0.4) is 0 Å². The van der Waals surface area contributed by atoms with Gasteiger partial charge in [0.25, 0.3) is 0 Å². The number of aromatic nitrogens is 1. The first-order chi connectivity index (χ1) is 8.60. The third kappa shape index (κ3) is 3.69. The van der Waals surface area contributed by atoms with Crippen molar-refractivity contribution in [3.63, 3.8) is 0 Å². The Balaban J connectivity index is 1.93. The van der Waals surface area contributed by atoms with E-state index in [1.54, 1.807) is 0 Å². The number of nitrogens with one attached hydrogen (secondary N) is 1. The topological polar surface area (TPSA) is 28.2 Å². The van der Waals surface area contributed by atoms with Crippen LogP contribution in [0.2, 0.25) is 0 Å². The smallest absolute Gasteiger partial charge is 0.185 e. The first-order valence-electron chi connectivity index (χ1n) is 7.01. The van der Waals surface area contributed by atoms with E-state index in [2.05, 4.69) is 38.0 Å². The first kappa shape index (κ1) is 13.8. The van der Waals surface area contributed by atoms with Gasteiger partial charge in [-0.05, 0) is 25.7 Å². The van der Waals surface area contributed by atoms with E-state index < -0.39 is 0 Å². The summed E-state index contributed by atoms with van der Waals surface area (Å²) in [6.07, 6.45) is 3.92. The van der Waals surface area contributed by atoms with Crippen LogP contribution in [0.1, 0.15) is 43.7 Å². The predicted octanol–water partition coefficient (Wildman–Crippen LogP) is 3.19. The van der Waals surface area contributed by atoms with Crippen LogP contribution in [0.25, 0.3) is 0 Å². The minimum atomic E-state index is 0.729. The molecule has 0 aromatic carbocycles. The molecule has 18 heavy (non-hydrogen) atoms. The highest BCUT2D eigenvalue weighted by atomic mass is 32.1. The molecule has 0 spiro atoms. The van der Waals surface area contributed by atoms with Crippen molar-refractivity contribution in [1.82, 2.24) is 10.3 Å². The van der Waals surface area contributed by atoms with Crippen LogP contribution in [-0.2, 0) is 6.54 Å². The zero-order chi connectivity index (χ0) is 13.1. The fourth-order valence-corrected chi connectivity index (χ4v) is 2.92. The zero-order valence-corrected chi connectivity index (χ0v) is 12.8. The average Bonchev–Trinajstić information content (AvgIpc) is 3.10. The van der Waals surface area contributed by atoms with Crippen LogP contribution in [-0.4, -0.2) is 24.6 Å². The highest BCUT2D eigenvalue weighted by molar-refractivity contribution is 7.15. The Hall–Kier alpha value is -0.610. The number of nitrogens with zero attached hydrogens (tertiary/aromatic N) is 2. The van der Waals surface area contributed by atoms with E-state index in [4.69, 9.17) is 4.98 Å². The van der Waals surface area contributed by atoms with Crippen molar-refractivity contribution in [3.8, 4) is 0 Å². The second kappa shape index (κ2) is 6.02. The van der Waals surface area contributed by atoms with Crippen LogP contribution in [0.4, 0.5) is 5.13 Å². The normalized spacial score (nSPS) is 16.9. The number of hydrogen-bond donors (Lipinski definition) is 1. The SMILES string of the molecule is CCC(C)CN(C)c1nc(C)c(CNC2CC2)s1. The molecule has 1 fully saturated rings. The molecule has 1 aromatic heterocycles. The van der Waals surface area contributed by atoms with Gasteiger partial charge in [0.2, 0.25) is 0 Å². The van der Waals surface area contributed by atoms with Gasteiger partial charge in [0, 0.05) is 31.1 Å². The monoisotopic (exact) mass is 267 g/mol. The van der Waals surface area contributed by atoms with Gasteiger partial charge in [-0.15, -0.1) is 11.3 Å². The van der Waals surface area contributed by atoms with E-state index in [-0.39, 0.29) is 0 Å². The van der Waals surface area contributed by atoms with Gasteiger partial charge in [-0.2, -0.15) is 0 Å². The van der Waals surface area contributed by atoms with Crippen molar-refractivity contribution >= 4 is 16.5 Å². The number of anilines is 1. The number of rotatable bonds is 7. The third-order valence-corrected chi connectivity index (χ3v) is 4.89. The molecule has 0 saturated heterocycles. The molecule has 3 nitrogen and oxygen atoms in total. The lowest BCUT2D eigenvalue weighted by atomic mass is 10.1. The van der Waals surface area contributed by atoms with E-state index in [1.807, 2.05) is 11.3 Å². The summed E-state index contributed by atoms with van der Waals surface area (Å²) < 4.78 is 0. The number of hydrogen-bond acceptors (Lipinski definition) is 4. The molecular formula is C14H25N3S. The Labute approximate surface area is 115 Å². The van der Waals surface area contributed by atoms with E-state index in [1.165, 1.54) is 35.0 Å². The maximum absolute atomic E-state index is 4.70. The maximum Gasteiger partial charge on any atom is 0.185 e. The van der Waals surface area contributed by atoms with Crippen molar-refractivity contribution in [3.05, 3.63) is 10.6 Å². The van der Waals surface area contributed by atoms with Gasteiger partial charge in [-0.3, -0.25) is 0 Å². The zero-order valence-electron chi connectivity index (χ0n) is 12.0. The lowest BCUT2D eigenvalue weighted by Gasteiger charge is -2.19. The molecule has 0 radical (unpaired) electrons. The van der Waals surface area contributed by atoms with E-state index >= 15 is 0 Å². The molecule has 0 bridgehead atoms. The second-order valence-corrected chi connectivity index (χ2v) is 6.62. The summed E-state index contributed by atoms with van der Waals surface area (Å²) in [5.41, 5.74) is 1.19. The summed E-state index contributed by atoms with van der Waals surface area (Å²) in [6.45, 7) is 8.76. The fraction of sp³-hybridized carbons (Fsp3) is 0.786. The molecule has 1 aliphatic carbocycles. The van der Waals surface area contributed by atoms with Crippen LogP contribution >= 0.6 is 11.3 Å². The van der Waals surface area contributed by atoms with Gasteiger partial charge in [0.05, 0.1) is 5.69 Å². The Morgan fingerprint density at radius 2 is 2.22 bits per heavy atom. The minimum absolute atomic E-state index is 0.729. The minimum Gasteiger partial charge on any atom is -0.351 e. The molecule has 1 atom stereocenters. The Morgan fingerprint density at radius 1 is 1.50 bits per heavy atom. The van der Waals surface area contributed by atoms with Gasteiger partial charge in [-0.25, -0.2) is 4.98 Å². The van der Waals surface area contributed by atoms with E-state index in [0.717, 1.165) is 25.0 Å². The van der Waals surface area contributed by atoms with Gasteiger partial charge in [0.15, 0.2) is 5.13 Å². The second-order valence-electron chi connectivity index (χ2n) is 5.55. The average molecular weight is 267 g/mol. The molecule has 1 heterocycles. The van der Waals surface area contributed by atoms with Crippen molar-refractivity contribution in [2.45, 2.75) is 52.6 Å². The molecule has 0 aliphatic heterocycles. The maximum atomic E-state index is 4.70. The van der Waals surface area contributed by atoms with Crippen molar-refractivity contribution in [2.75, 3.05) is 18.5 Å².